The molecule has 3 rings (SSSR count). The van der Waals surface area contributed by atoms with E-state index in [4.69, 9.17) is 4.74 Å². The molecule has 2 amide bonds. The number of ether oxygens (including phenoxy) is 1. The van der Waals surface area contributed by atoms with Crippen LogP contribution in [0.3, 0.4) is 0 Å². The molecule has 1 aliphatic heterocycles. The maximum absolute atomic E-state index is 12.6. The summed E-state index contributed by atoms with van der Waals surface area (Å²) in [5.41, 5.74) is 2.03. The van der Waals surface area contributed by atoms with E-state index in [0.717, 1.165) is 12.0 Å². The number of nitrogens with zero attached hydrogens (tertiary/aromatic N) is 1. The van der Waals surface area contributed by atoms with Gasteiger partial charge in [0.05, 0.1) is 11.3 Å². The molecule has 0 spiro atoms. The smallest absolute Gasteiger partial charge is 0.340 e. The SMILES string of the molecule is Cc1cccc(C(=O)Nc2ccccc2C(=O)OCC(=O)N2C[C@H](C)C[C@@H](C)C2)c1. The number of nitrogens with one attached hydrogen (secondary N) is 1. The van der Waals surface area contributed by atoms with Crippen LogP contribution in [0.2, 0.25) is 0 Å². The molecule has 1 saturated heterocycles. The maximum Gasteiger partial charge on any atom is 0.340 e. The van der Waals surface area contributed by atoms with Gasteiger partial charge in [-0.3, -0.25) is 9.59 Å². The third-order valence-corrected chi connectivity index (χ3v) is 5.22. The Kier molecular flexibility index (Phi) is 6.87. The fraction of sp³-hybridized carbons (Fsp3) is 0.375. The molecule has 0 saturated carbocycles. The van der Waals surface area contributed by atoms with E-state index >= 15 is 0 Å². The second kappa shape index (κ2) is 9.57. The molecule has 0 radical (unpaired) electrons. The summed E-state index contributed by atoms with van der Waals surface area (Å²) in [6.45, 7) is 7.21. The molecule has 0 aliphatic carbocycles. The fourth-order valence-electron chi connectivity index (χ4n) is 3.91. The van der Waals surface area contributed by atoms with Crippen LogP contribution >= 0.6 is 0 Å². The monoisotopic (exact) mass is 408 g/mol. The number of esters is 1. The van der Waals surface area contributed by atoms with E-state index in [9.17, 15) is 14.4 Å². The molecule has 0 unspecified atom stereocenters. The van der Waals surface area contributed by atoms with Gasteiger partial charge in [-0.25, -0.2) is 4.79 Å². The first kappa shape index (κ1) is 21.6. The van der Waals surface area contributed by atoms with Gasteiger partial charge in [0, 0.05) is 18.7 Å². The zero-order chi connectivity index (χ0) is 21.7. The summed E-state index contributed by atoms with van der Waals surface area (Å²) in [5, 5.41) is 2.76. The Hall–Kier alpha value is -3.15. The normalized spacial score (nSPS) is 18.6. The van der Waals surface area contributed by atoms with Crippen LogP contribution in [0.1, 0.15) is 46.5 Å². The van der Waals surface area contributed by atoms with Crippen molar-refractivity contribution in [2.75, 3.05) is 25.0 Å². The topological polar surface area (TPSA) is 75.7 Å². The Bertz CT molecular complexity index is 930. The first-order valence-electron chi connectivity index (χ1n) is 10.3. The number of hydrogen-bond donors (Lipinski definition) is 1. The molecule has 1 aliphatic rings. The van der Waals surface area contributed by atoms with Gasteiger partial charge < -0.3 is 15.0 Å². The van der Waals surface area contributed by atoms with Gasteiger partial charge in [0.2, 0.25) is 0 Å². The van der Waals surface area contributed by atoms with Crippen LogP contribution in [0.15, 0.2) is 48.5 Å². The van der Waals surface area contributed by atoms with Crippen molar-refractivity contribution in [3.63, 3.8) is 0 Å². The van der Waals surface area contributed by atoms with E-state index in [1.165, 1.54) is 0 Å². The van der Waals surface area contributed by atoms with E-state index in [-0.39, 0.29) is 24.0 Å². The zero-order valence-electron chi connectivity index (χ0n) is 17.7. The quantitative estimate of drug-likeness (QED) is 0.761. The lowest BCUT2D eigenvalue weighted by Gasteiger charge is -2.34. The Morgan fingerprint density at radius 1 is 1.03 bits per heavy atom. The lowest BCUT2D eigenvalue weighted by molar-refractivity contribution is -0.137. The lowest BCUT2D eigenvalue weighted by atomic mass is 9.92. The molecule has 6 nitrogen and oxygen atoms in total. The molecule has 158 valence electrons. The molecule has 2 atom stereocenters. The van der Waals surface area contributed by atoms with Gasteiger partial charge in [0.15, 0.2) is 6.61 Å². The summed E-state index contributed by atoms with van der Waals surface area (Å²) in [6, 6.07) is 13.8. The van der Waals surface area contributed by atoms with Crippen LogP contribution < -0.4 is 5.32 Å². The van der Waals surface area contributed by atoms with E-state index in [1.54, 1.807) is 47.4 Å². The maximum atomic E-state index is 12.6. The Balaban J connectivity index is 1.64. The van der Waals surface area contributed by atoms with Gasteiger partial charge in [-0.05, 0) is 49.4 Å². The third-order valence-electron chi connectivity index (χ3n) is 5.22. The van der Waals surface area contributed by atoms with E-state index in [1.807, 2.05) is 13.0 Å². The predicted molar refractivity (Wildman–Crippen MR) is 115 cm³/mol. The number of carbonyl (C=O) groups excluding carboxylic acids is 3. The molecule has 1 heterocycles. The first-order valence-corrected chi connectivity index (χ1v) is 10.3. The number of amides is 2. The second-order valence-electron chi connectivity index (χ2n) is 8.19. The molecule has 1 fully saturated rings. The standard InChI is InChI=1S/C24H28N2O4/c1-16-7-6-8-19(12-16)23(28)25-21-10-5-4-9-20(21)24(29)30-15-22(27)26-13-17(2)11-18(3)14-26/h4-10,12,17-18H,11,13-15H2,1-3H3,(H,25,28)/t17-,18-/m1/s1. The summed E-state index contributed by atoms with van der Waals surface area (Å²) in [7, 11) is 0. The van der Waals surface area contributed by atoms with Crippen LogP contribution in [0.25, 0.3) is 0 Å². The number of likely N-dealkylation sites (tertiary alicyclic amines) is 1. The minimum Gasteiger partial charge on any atom is -0.452 e. The average molecular weight is 408 g/mol. The van der Waals surface area contributed by atoms with Gasteiger partial charge >= 0.3 is 5.97 Å². The minimum absolute atomic E-state index is 0.192. The first-order chi connectivity index (χ1) is 14.3. The van der Waals surface area contributed by atoms with Crippen molar-refractivity contribution in [3.05, 3.63) is 65.2 Å². The van der Waals surface area contributed by atoms with Crippen molar-refractivity contribution in [3.8, 4) is 0 Å². The van der Waals surface area contributed by atoms with Crippen molar-refractivity contribution >= 4 is 23.5 Å². The van der Waals surface area contributed by atoms with E-state index in [0.29, 0.717) is 36.2 Å². The summed E-state index contributed by atoms with van der Waals surface area (Å²) in [6.07, 6.45) is 1.09. The van der Waals surface area contributed by atoms with E-state index in [2.05, 4.69) is 19.2 Å². The molecule has 1 N–H and O–H groups in total. The summed E-state index contributed by atoms with van der Waals surface area (Å²) >= 11 is 0. The van der Waals surface area contributed by atoms with Gasteiger partial charge in [-0.2, -0.15) is 0 Å². The van der Waals surface area contributed by atoms with Crippen LogP contribution in [0.4, 0.5) is 5.69 Å². The largest absolute Gasteiger partial charge is 0.452 e. The van der Waals surface area contributed by atoms with Crippen molar-refractivity contribution in [2.45, 2.75) is 27.2 Å². The van der Waals surface area contributed by atoms with Gasteiger partial charge in [-0.15, -0.1) is 0 Å². The lowest BCUT2D eigenvalue weighted by Crippen LogP contribution is -2.44. The molecule has 0 bridgehead atoms. The van der Waals surface area contributed by atoms with Crippen molar-refractivity contribution in [2.24, 2.45) is 11.8 Å². The highest BCUT2D eigenvalue weighted by molar-refractivity contribution is 6.08. The van der Waals surface area contributed by atoms with Gasteiger partial charge in [0.25, 0.3) is 11.8 Å². The minimum atomic E-state index is -0.637. The van der Waals surface area contributed by atoms with Crippen LogP contribution in [-0.4, -0.2) is 42.4 Å². The number of piperidine rings is 1. The van der Waals surface area contributed by atoms with Crippen LogP contribution in [0, 0.1) is 18.8 Å². The van der Waals surface area contributed by atoms with Crippen LogP contribution in [0.5, 0.6) is 0 Å². The van der Waals surface area contributed by atoms with Crippen LogP contribution in [-0.2, 0) is 9.53 Å². The highest BCUT2D eigenvalue weighted by Gasteiger charge is 2.26. The highest BCUT2D eigenvalue weighted by atomic mass is 16.5. The second-order valence-corrected chi connectivity index (χ2v) is 8.19. The number of hydrogen-bond acceptors (Lipinski definition) is 4. The Morgan fingerprint density at radius 2 is 1.73 bits per heavy atom. The number of carbonyl (C=O) groups is 3. The molecule has 6 heteroatoms. The number of benzene rings is 2. The summed E-state index contributed by atoms with van der Waals surface area (Å²) in [5.74, 6) is -0.270. The Morgan fingerprint density at radius 3 is 2.43 bits per heavy atom. The molecule has 2 aromatic carbocycles. The Labute approximate surface area is 177 Å². The highest BCUT2D eigenvalue weighted by Crippen LogP contribution is 2.21. The zero-order valence-corrected chi connectivity index (χ0v) is 17.7. The summed E-state index contributed by atoms with van der Waals surface area (Å²) < 4.78 is 5.28. The van der Waals surface area contributed by atoms with Gasteiger partial charge in [-0.1, -0.05) is 43.7 Å². The fourth-order valence-corrected chi connectivity index (χ4v) is 3.91. The predicted octanol–water partition coefficient (Wildman–Crippen LogP) is 3.91. The summed E-state index contributed by atoms with van der Waals surface area (Å²) in [4.78, 5) is 39.4. The number of anilines is 1. The number of aryl methyl sites for hydroxylation is 1. The van der Waals surface area contributed by atoms with Crippen molar-refractivity contribution in [1.29, 1.82) is 0 Å². The van der Waals surface area contributed by atoms with E-state index < -0.39 is 5.97 Å². The molecular formula is C24H28N2O4. The van der Waals surface area contributed by atoms with Crippen molar-refractivity contribution in [1.82, 2.24) is 4.90 Å². The molecule has 30 heavy (non-hydrogen) atoms. The number of para-hydroxylation sites is 1. The third kappa shape index (κ3) is 5.47. The van der Waals surface area contributed by atoms with Crippen molar-refractivity contribution < 1.29 is 19.1 Å². The molecular weight excluding hydrogens is 380 g/mol. The molecule has 0 aromatic heterocycles. The average Bonchev–Trinajstić information content (AvgIpc) is 2.71. The molecule has 2 aromatic rings. The number of rotatable bonds is 5. The van der Waals surface area contributed by atoms with Gasteiger partial charge in [0.1, 0.15) is 0 Å².